The van der Waals surface area contributed by atoms with E-state index in [-0.39, 0.29) is 5.92 Å². The van der Waals surface area contributed by atoms with Crippen LogP contribution >= 0.6 is 0 Å². The lowest BCUT2D eigenvalue weighted by Gasteiger charge is -2.28. The first kappa shape index (κ1) is 28.8. The second kappa shape index (κ2) is 13.2. The van der Waals surface area contributed by atoms with Gasteiger partial charge >= 0.3 is 5.97 Å². The Morgan fingerprint density at radius 2 is 1.25 bits per heavy atom. The van der Waals surface area contributed by atoms with Gasteiger partial charge < -0.3 is 38.3 Å². The molecule has 5 atom stereocenters. The Labute approximate surface area is 186 Å². The summed E-state index contributed by atoms with van der Waals surface area (Å²) in [7, 11) is 0. The third-order valence-corrected chi connectivity index (χ3v) is 4.87. The van der Waals surface area contributed by atoms with Crippen molar-refractivity contribution in [3.63, 3.8) is 0 Å². The Morgan fingerprint density at radius 3 is 1.66 bits per heavy atom. The Kier molecular flexibility index (Phi) is 11.9. The standard InChI is InChI=1S/C19H34N6O7/c1-5-9(4)15(18(30)24-11(19(31)32)7-13(21)27)25-16(28)10(6-12(20)26)23-17(29)14(22)8(2)3/h8-11,14-15H,5-7,22H2,1-4H3,(H2,20,26)(H2,21,27)(H,23,29)(H,24,30)(H,25,28)(H,31,32). The molecular weight excluding hydrogens is 424 g/mol. The molecule has 0 rings (SSSR count). The summed E-state index contributed by atoms with van der Waals surface area (Å²) in [5.41, 5.74) is 15.9. The predicted molar refractivity (Wildman–Crippen MR) is 113 cm³/mol. The number of hydrogen-bond donors (Lipinski definition) is 7. The Bertz CT molecular complexity index is 727. The molecule has 0 saturated heterocycles. The zero-order chi connectivity index (χ0) is 25.2. The molecule has 0 aromatic carbocycles. The average molecular weight is 459 g/mol. The molecule has 0 aliphatic heterocycles. The lowest BCUT2D eigenvalue weighted by molar-refractivity contribution is -0.144. The maximum atomic E-state index is 12.8. The molecule has 32 heavy (non-hydrogen) atoms. The molecule has 182 valence electrons. The van der Waals surface area contributed by atoms with E-state index in [4.69, 9.17) is 17.2 Å². The smallest absolute Gasteiger partial charge is 0.326 e. The minimum Gasteiger partial charge on any atom is -0.480 e. The van der Waals surface area contributed by atoms with E-state index in [1.165, 1.54) is 0 Å². The summed E-state index contributed by atoms with van der Waals surface area (Å²) in [6, 6.07) is -5.16. The first-order valence-corrected chi connectivity index (χ1v) is 10.2. The third kappa shape index (κ3) is 9.73. The Balaban J connectivity index is 5.61. The zero-order valence-electron chi connectivity index (χ0n) is 18.7. The first-order valence-electron chi connectivity index (χ1n) is 10.2. The summed E-state index contributed by atoms with van der Waals surface area (Å²) < 4.78 is 0. The van der Waals surface area contributed by atoms with Crippen LogP contribution in [-0.4, -0.2) is 64.8 Å². The number of carboxylic acids is 1. The van der Waals surface area contributed by atoms with E-state index < -0.39 is 78.4 Å². The van der Waals surface area contributed by atoms with E-state index in [2.05, 4.69) is 16.0 Å². The quantitative estimate of drug-likeness (QED) is 0.144. The highest BCUT2D eigenvalue weighted by Crippen LogP contribution is 2.10. The van der Waals surface area contributed by atoms with Gasteiger partial charge in [-0.1, -0.05) is 34.1 Å². The fraction of sp³-hybridized carbons (Fsp3) is 0.684. The largest absolute Gasteiger partial charge is 0.480 e. The van der Waals surface area contributed by atoms with Crippen molar-refractivity contribution in [2.45, 2.75) is 71.1 Å². The van der Waals surface area contributed by atoms with Gasteiger partial charge in [0.15, 0.2) is 0 Å². The van der Waals surface area contributed by atoms with E-state index in [9.17, 15) is 33.9 Å². The van der Waals surface area contributed by atoms with Crippen LogP contribution in [0.5, 0.6) is 0 Å². The van der Waals surface area contributed by atoms with Crippen LogP contribution < -0.4 is 33.2 Å². The molecule has 0 aromatic heterocycles. The van der Waals surface area contributed by atoms with Crippen molar-refractivity contribution >= 4 is 35.5 Å². The normalized spacial score (nSPS) is 15.6. The molecule has 0 heterocycles. The van der Waals surface area contributed by atoms with Crippen molar-refractivity contribution in [2.24, 2.45) is 29.0 Å². The third-order valence-electron chi connectivity index (χ3n) is 4.87. The zero-order valence-corrected chi connectivity index (χ0v) is 18.7. The summed E-state index contributed by atoms with van der Waals surface area (Å²) in [6.45, 7) is 6.76. The van der Waals surface area contributed by atoms with Gasteiger partial charge in [0.2, 0.25) is 29.5 Å². The maximum Gasteiger partial charge on any atom is 0.326 e. The number of nitrogens with one attached hydrogen (secondary N) is 3. The van der Waals surface area contributed by atoms with Crippen molar-refractivity contribution < 1.29 is 33.9 Å². The molecule has 13 nitrogen and oxygen atoms in total. The van der Waals surface area contributed by atoms with Crippen molar-refractivity contribution in [3.05, 3.63) is 0 Å². The monoisotopic (exact) mass is 458 g/mol. The molecule has 5 unspecified atom stereocenters. The number of carbonyl (C=O) groups excluding carboxylic acids is 5. The fourth-order valence-electron chi connectivity index (χ4n) is 2.60. The van der Waals surface area contributed by atoms with Crippen molar-refractivity contribution in [2.75, 3.05) is 0 Å². The molecule has 0 spiro atoms. The maximum absolute atomic E-state index is 12.8. The Morgan fingerprint density at radius 1 is 0.781 bits per heavy atom. The summed E-state index contributed by atoms with van der Waals surface area (Å²) in [5, 5.41) is 16.1. The molecule has 10 N–H and O–H groups in total. The van der Waals surface area contributed by atoms with Crippen LogP contribution in [0.2, 0.25) is 0 Å². The SMILES string of the molecule is CCC(C)C(NC(=O)C(CC(N)=O)NC(=O)C(N)C(C)C)C(=O)NC(CC(N)=O)C(=O)O. The van der Waals surface area contributed by atoms with Gasteiger partial charge in [0.25, 0.3) is 0 Å². The predicted octanol–water partition coefficient (Wildman–Crippen LogP) is -2.69. The highest BCUT2D eigenvalue weighted by molar-refractivity contribution is 5.96. The summed E-state index contributed by atoms with van der Waals surface area (Å²) in [6.07, 6.45) is -0.774. The van der Waals surface area contributed by atoms with Gasteiger partial charge in [0.05, 0.1) is 18.9 Å². The highest BCUT2D eigenvalue weighted by Gasteiger charge is 2.33. The number of amides is 5. The minimum absolute atomic E-state index is 0.246. The lowest BCUT2D eigenvalue weighted by atomic mass is 9.97. The summed E-state index contributed by atoms with van der Waals surface area (Å²) >= 11 is 0. The minimum atomic E-state index is -1.59. The number of carbonyl (C=O) groups is 6. The van der Waals surface area contributed by atoms with Crippen LogP contribution in [0, 0.1) is 11.8 Å². The summed E-state index contributed by atoms with van der Waals surface area (Å²) in [4.78, 5) is 71.5. The van der Waals surface area contributed by atoms with E-state index in [0.717, 1.165) is 0 Å². The van der Waals surface area contributed by atoms with Gasteiger partial charge in [0, 0.05) is 0 Å². The van der Waals surface area contributed by atoms with E-state index >= 15 is 0 Å². The molecule has 13 heteroatoms. The van der Waals surface area contributed by atoms with Crippen LogP contribution in [-0.2, 0) is 28.8 Å². The molecule has 0 aromatic rings. The van der Waals surface area contributed by atoms with Gasteiger partial charge in [-0.3, -0.25) is 24.0 Å². The highest BCUT2D eigenvalue weighted by atomic mass is 16.4. The number of carboxylic acid groups (broad SMARTS) is 1. The number of nitrogens with two attached hydrogens (primary N) is 3. The van der Waals surface area contributed by atoms with E-state index in [0.29, 0.717) is 6.42 Å². The lowest BCUT2D eigenvalue weighted by Crippen LogP contribution is -2.59. The topological polar surface area (TPSA) is 237 Å². The van der Waals surface area contributed by atoms with Crippen LogP contribution in [0.1, 0.15) is 47.0 Å². The molecule has 0 fully saturated rings. The second-order valence-corrected chi connectivity index (χ2v) is 7.94. The molecule has 0 saturated carbocycles. The van der Waals surface area contributed by atoms with Gasteiger partial charge in [0.1, 0.15) is 18.1 Å². The number of aliphatic carboxylic acids is 1. The molecule has 0 bridgehead atoms. The summed E-state index contributed by atoms with van der Waals surface area (Å²) in [5.74, 6) is -6.44. The molecule has 0 aliphatic carbocycles. The fourth-order valence-corrected chi connectivity index (χ4v) is 2.60. The van der Waals surface area contributed by atoms with Crippen LogP contribution in [0.3, 0.4) is 0 Å². The van der Waals surface area contributed by atoms with E-state index in [1.807, 2.05) is 0 Å². The first-order chi connectivity index (χ1) is 14.7. The average Bonchev–Trinajstić information content (AvgIpc) is 2.68. The van der Waals surface area contributed by atoms with Crippen molar-refractivity contribution in [1.29, 1.82) is 0 Å². The van der Waals surface area contributed by atoms with Gasteiger partial charge in [-0.25, -0.2) is 4.79 Å². The molecular formula is C19H34N6O7. The van der Waals surface area contributed by atoms with Crippen molar-refractivity contribution in [1.82, 2.24) is 16.0 Å². The van der Waals surface area contributed by atoms with Gasteiger partial charge in [-0.15, -0.1) is 0 Å². The van der Waals surface area contributed by atoms with E-state index in [1.54, 1.807) is 27.7 Å². The Hall–Kier alpha value is -3.22. The number of rotatable bonds is 14. The van der Waals surface area contributed by atoms with Crippen LogP contribution in [0.25, 0.3) is 0 Å². The van der Waals surface area contributed by atoms with Crippen molar-refractivity contribution in [3.8, 4) is 0 Å². The van der Waals surface area contributed by atoms with Crippen LogP contribution in [0.15, 0.2) is 0 Å². The molecule has 5 amide bonds. The second-order valence-electron chi connectivity index (χ2n) is 7.94. The van der Waals surface area contributed by atoms with Gasteiger partial charge in [-0.2, -0.15) is 0 Å². The number of hydrogen-bond acceptors (Lipinski definition) is 7. The molecule has 0 radical (unpaired) electrons. The van der Waals surface area contributed by atoms with Gasteiger partial charge in [-0.05, 0) is 11.8 Å². The van der Waals surface area contributed by atoms with Crippen LogP contribution in [0.4, 0.5) is 0 Å². The number of primary amides is 2. The molecule has 0 aliphatic rings.